The predicted octanol–water partition coefficient (Wildman–Crippen LogP) is 1.39. The van der Waals surface area contributed by atoms with Gasteiger partial charge in [0.25, 0.3) is 0 Å². The first-order valence-electron chi connectivity index (χ1n) is 6.12. The summed E-state index contributed by atoms with van der Waals surface area (Å²) < 4.78 is 10.7. The monoisotopic (exact) mass is 245 g/mol. The second-order valence-corrected chi connectivity index (χ2v) is 5.24. The van der Waals surface area contributed by atoms with Crippen LogP contribution >= 0.6 is 0 Å². The SMILES string of the molecule is CC(C)(C)OC(=O)N1CCOCCC1CCO. The van der Waals surface area contributed by atoms with E-state index < -0.39 is 5.60 Å². The maximum absolute atomic E-state index is 12.0. The lowest BCUT2D eigenvalue weighted by Crippen LogP contribution is -2.44. The van der Waals surface area contributed by atoms with Crippen molar-refractivity contribution in [2.45, 2.75) is 45.3 Å². The second kappa shape index (κ2) is 6.21. The molecule has 1 aliphatic heterocycles. The summed E-state index contributed by atoms with van der Waals surface area (Å²) in [6.45, 7) is 7.30. The van der Waals surface area contributed by atoms with Gasteiger partial charge >= 0.3 is 6.09 Å². The fourth-order valence-electron chi connectivity index (χ4n) is 1.83. The third-order valence-electron chi connectivity index (χ3n) is 2.60. The Morgan fingerprint density at radius 3 is 2.76 bits per heavy atom. The Hall–Kier alpha value is -0.810. The number of aliphatic hydroxyl groups excluding tert-OH is 1. The van der Waals surface area contributed by atoms with E-state index in [2.05, 4.69) is 0 Å². The summed E-state index contributed by atoms with van der Waals surface area (Å²) in [5.41, 5.74) is -0.492. The summed E-state index contributed by atoms with van der Waals surface area (Å²) in [6.07, 6.45) is 1.00. The lowest BCUT2D eigenvalue weighted by atomic mass is 10.1. The summed E-state index contributed by atoms with van der Waals surface area (Å²) in [7, 11) is 0. The fourth-order valence-corrected chi connectivity index (χ4v) is 1.83. The fraction of sp³-hybridized carbons (Fsp3) is 0.917. The third-order valence-corrected chi connectivity index (χ3v) is 2.60. The lowest BCUT2D eigenvalue weighted by Gasteiger charge is -2.31. The number of carbonyl (C=O) groups excluding carboxylic acids is 1. The van der Waals surface area contributed by atoms with Crippen LogP contribution in [0.15, 0.2) is 0 Å². The molecule has 0 aromatic heterocycles. The predicted molar refractivity (Wildman–Crippen MR) is 63.9 cm³/mol. The number of ether oxygens (including phenoxy) is 2. The van der Waals surface area contributed by atoms with Gasteiger partial charge in [0.1, 0.15) is 5.60 Å². The molecule has 1 fully saturated rings. The minimum atomic E-state index is -0.492. The van der Waals surface area contributed by atoms with E-state index in [-0.39, 0.29) is 18.7 Å². The Labute approximate surface area is 103 Å². The van der Waals surface area contributed by atoms with Gasteiger partial charge in [0.15, 0.2) is 0 Å². The van der Waals surface area contributed by atoms with Crippen LogP contribution in [-0.4, -0.2) is 54.1 Å². The number of carbonyl (C=O) groups is 1. The zero-order valence-corrected chi connectivity index (χ0v) is 10.9. The van der Waals surface area contributed by atoms with Crippen molar-refractivity contribution in [1.82, 2.24) is 4.90 Å². The molecule has 1 rings (SSSR count). The standard InChI is InChI=1S/C12H23NO4/c1-12(2,3)17-11(15)13-6-9-16-8-5-10(13)4-7-14/h10,14H,4-9H2,1-3H3. The molecule has 0 saturated carbocycles. The molecule has 1 unspecified atom stereocenters. The molecule has 1 aliphatic rings. The molecular weight excluding hydrogens is 222 g/mol. The highest BCUT2D eigenvalue weighted by Gasteiger charge is 2.29. The molecule has 17 heavy (non-hydrogen) atoms. The van der Waals surface area contributed by atoms with E-state index in [9.17, 15) is 4.79 Å². The van der Waals surface area contributed by atoms with E-state index in [1.54, 1.807) is 4.90 Å². The number of aliphatic hydroxyl groups is 1. The minimum absolute atomic E-state index is 0.0114. The Kier molecular flexibility index (Phi) is 5.21. The maximum atomic E-state index is 12.0. The topological polar surface area (TPSA) is 59.0 Å². The third kappa shape index (κ3) is 4.91. The van der Waals surface area contributed by atoms with Gasteiger partial charge in [0, 0.05) is 25.8 Å². The van der Waals surface area contributed by atoms with Gasteiger partial charge < -0.3 is 19.5 Å². The summed E-state index contributed by atoms with van der Waals surface area (Å²) >= 11 is 0. The van der Waals surface area contributed by atoms with Crippen LogP contribution < -0.4 is 0 Å². The molecule has 0 radical (unpaired) electrons. The smallest absolute Gasteiger partial charge is 0.410 e. The normalized spacial score (nSPS) is 22.1. The van der Waals surface area contributed by atoms with Gasteiger partial charge in [-0.15, -0.1) is 0 Å². The zero-order chi connectivity index (χ0) is 12.9. The van der Waals surface area contributed by atoms with Gasteiger partial charge in [-0.3, -0.25) is 0 Å². The molecule has 1 amide bonds. The molecule has 1 N–H and O–H groups in total. The Morgan fingerprint density at radius 1 is 1.47 bits per heavy atom. The van der Waals surface area contributed by atoms with Crippen LogP contribution in [0.3, 0.4) is 0 Å². The average molecular weight is 245 g/mol. The molecule has 0 aliphatic carbocycles. The Balaban J connectivity index is 2.64. The molecule has 5 heteroatoms. The van der Waals surface area contributed by atoms with Gasteiger partial charge in [0.05, 0.1) is 6.61 Å². The van der Waals surface area contributed by atoms with E-state index in [4.69, 9.17) is 14.6 Å². The van der Waals surface area contributed by atoms with Crippen molar-refractivity contribution in [3.63, 3.8) is 0 Å². The van der Waals surface area contributed by atoms with Crippen LogP contribution in [-0.2, 0) is 9.47 Å². The first kappa shape index (κ1) is 14.3. The van der Waals surface area contributed by atoms with Crippen LogP contribution in [0.5, 0.6) is 0 Å². The summed E-state index contributed by atoms with van der Waals surface area (Å²) in [4.78, 5) is 13.7. The van der Waals surface area contributed by atoms with Crippen molar-refractivity contribution >= 4 is 6.09 Å². The molecule has 0 spiro atoms. The summed E-state index contributed by atoms with van der Waals surface area (Å²) in [5.74, 6) is 0. The van der Waals surface area contributed by atoms with Gasteiger partial charge in [-0.25, -0.2) is 4.79 Å². The second-order valence-electron chi connectivity index (χ2n) is 5.24. The highest BCUT2D eigenvalue weighted by atomic mass is 16.6. The van der Waals surface area contributed by atoms with E-state index >= 15 is 0 Å². The molecule has 100 valence electrons. The van der Waals surface area contributed by atoms with Crippen LogP contribution in [0, 0.1) is 0 Å². The van der Waals surface area contributed by atoms with E-state index in [0.717, 1.165) is 6.42 Å². The Morgan fingerprint density at radius 2 is 2.18 bits per heavy atom. The average Bonchev–Trinajstić information content (AvgIpc) is 2.41. The number of hydrogen-bond acceptors (Lipinski definition) is 4. The minimum Gasteiger partial charge on any atom is -0.444 e. The number of hydrogen-bond donors (Lipinski definition) is 1. The van der Waals surface area contributed by atoms with Crippen molar-refractivity contribution in [1.29, 1.82) is 0 Å². The van der Waals surface area contributed by atoms with Crippen LogP contribution in [0.4, 0.5) is 4.79 Å². The van der Waals surface area contributed by atoms with Gasteiger partial charge in [-0.05, 0) is 33.6 Å². The molecule has 0 aromatic carbocycles. The first-order valence-corrected chi connectivity index (χ1v) is 6.12. The molecule has 1 saturated heterocycles. The summed E-state index contributed by atoms with van der Waals surface area (Å²) in [6, 6.07) is 0.0114. The van der Waals surface area contributed by atoms with Crippen LogP contribution in [0.2, 0.25) is 0 Å². The van der Waals surface area contributed by atoms with Crippen molar-refractivity contribution in [3.8, 4) is 0 Å². The van der Waals surface area contributed by atoms with Crippen molar-refractivity contribution < 1.29 is 19.4 Å². The molecule has 0 bridgehead atoms. The Bertz CT molecular complexity index is 249. The van der Waals surface area contributed by atoms with Crippen molar-refractivity contribution in [2.75, 3.05) is 26.4 Å². The lowest BCUT2D eigenvalue weighted by molar-refractivity contribution is 0.0141. The molecule has 5 nitrogen and oxygen atoms in total. The van der Waals surface area contributed by atoms with E-state index in [1.165, 1.54) is 0 Å². The van der Waals surface area contributed by atoms with Crippen LogP contribution in [0.25, 0.3) is 0 Å². The number of rotatable bonds is 2. The number of amides is 1. The van der Waals surface area contributed by atoms with Crippen LogP contribution in [0.1, 0.15) is 33.6 Å². The van der Waals surface area contributed by atoms with Gasteiger partial charge in [0.2, 0.25) is 0 Å². The molecule has 1 heterocycles. The molecule has 1 atom stereocenters. The maximum Gasteiger partial charge on any atom is 0.410 e. The van der Waals surface area contributed by atoms with E-state index in [0.29, 0.717) is 26.2 Å². The van der Waals surface area contributed by atoms with Crippen molar-refractivity contribution in [2.24, 2.45) is 0 Å². The highest BCUT2D eigenvalue weighted by molar-refractivity contribution is 5.68. The largest absolute Gasteiger partial charge is 0.444 e. The molecule has 0 aromatic rings. The molecular formula is C12H23NO4. The zero-order valence-electron chi connectivity index (χ0n) is 10.9. The quantitative estimate of drug-likeness (QED) is 0.798. The highest BCUT2D eigenvalue weighted by Crippen LogP contribution is 2.17. The summed E-state index contributed by atoms with van der Waals surface area (Å²) in [5, 5.41) is 9.02. The first-order chi connectivity index (χ1) is 7.94. The van der Waals surface area contributed by atoms with Gasteiger partial charge in [-0.1, -0.05) is 0 Å². The van der Waals surface area contributed by atoms with Crippen molar-refractivity contribution in [3.05, 3.63) is 0 Å². The van der Waals surface area contributed by atoms with Gasteiger partial charge in [-0.2, -0.15) is 0 Å². The van der Waals surface area contributed by atoms with E-state index in [1.807, 2.05) is 20.8 Å². The number of nitrogens with zero attached hydrogens (tertiary/aromatic N) is 1.